The number of thioether (sulfide) groups is 1. The van der Waals surface area contributed by atoms with Crippen LogP contribution in [0, 0.1) is 0 Å². The Morgan fingerprint density at radius 3 is 2.61 bits per heavy atom. The van der Waals surface area contributed by atoms with Crippen LogP contribution in [0.1, 0.15) is 0 Å². The summed E-state index contributed by atoms with van der Waals surface area (Å²) in [6.45, 7) is 0. The van der Waals surface area contributed by atoms with Crippen molar-refractivity contribution in [3.63, 3.8) is 0 Å². The van der Waals surface area contributed by atoms with E-state index in [0.717, 1.165) is 11.3 Å². The van der Waals surface area contributed by atoms with Crippen LogP contribution in [0.5, 0.6) is 0 Å². The number of aromatic nitrogens is 3. The molecule has 0 aliphatic rings. The molecule has 2 N–H and O–H groups in total. The molecule has 0 aliphatic carbocycles. The van der Waals surface area contributed by atoms with Crippen LogP contribution >= 0.6 is 11.8 Å². The molecular formula is C12H15N5S. The molecule has 0 radical (unpaired) electrons. The average molecular weight is 261 g/mol. The van der Waals surface area contributed by atoms with Crippen LogP contribution in [0.2, 0.25) is 0 Å². The lowest BCUT2D eigenvalue weighted by Gasteiger charge is -2.13. The van der Waals surface area contributed by atoms with Gasteiger partial charge in [-0.1, -0.05) is 23.9 Å². The number of rotatable bonds is 3. The lowest BCUT2D eigenvalue weighted by molar-refractivity contribution is 0.927. The number of nitrogens with zero attached hydrogens (tertiary/aromatic N) is 4. The van der Waals surface area contributed by atoms with Crippen molar-refractivity contribution < 1.29 is 0 Å². The van der Waals surface area contributed by atoms with Gasteiger partial charge in [0.2, 0.25) is 5.95 Å². The second-order valence-electron chi connectivity index (χ2n) is 3.95. The van der Waals surface area contributed by atoms with E-state index in [1.54, 1.807) is 0 Å². The van der Waals surface area contributed by atoms with Crippen LogP contribution in [0.4, 0.5) is 11.6 Å². The summed E-state index contributed by atoms with van der Waals surface area (Å²) in [7, 11) is 3.99. The number of hydrogen-bond acceptors (Lipinski definition) is 6. The predicted molar refractivity (Wildman–Crippen MR) is 75.8 cm³/mol. The molecule has 0 atom stereocenters. The molecule has 94 valence electrons. The molecule has 1 heterocycles. The molecule has 0 spiro atoms. The highest BCUT2D eigenvalue weighted by molar-refractivity contribution is 7.98. The van der Waals surface area contributed by atoms with Gasteiger partial charge in [0.25, 0.3) is 0 Å². The third-order valence-corrected chi connectivity index (χ3v) is 2.98. The topological polar surface area (TPSA) is 67.9 Å². The van der Waals surface area contributed by atoms with Gasteiger partial charge in [0.1, 0.15) is 0 Å². The molecular weight excluding hydrogens is 246 g/mol. The maximum Gasteiger partial charge on any atom is 0.224 e. The Morgan fingerprint density at radius 1 is 1.17 bits per heavy atom. The molecule has 0 saturated carbocycles. The number of benzene rings is 1. The predicted octanol–water partition coefficient (Wildman–Crippen LogP) is 1.91. The van der Waals surface area contributed by atoms with E-state index < -0.39 is 0 Å². The molecule has 0 unspecified atom stereocenters. The first-order valence-corrected chi connectivity index (χ1v) is 6.66. The van der Waals surface area contributed by atoms with E-state index in [-0.39, 0.29) is 5.95 Å². The molecule has 0 bridgehead atoms. The highest BCUT2D eigenvalue weighted by atomic mass is 32.2. The van der Waals surface area contributed by atoms with Crippen molar-refractivity contribution in [1.29, 1.82) is 0 Å². The first-order valence-electron chi connectivity index (χ1n) is 5.43. The van der Waals surface area contributed by atoms with Crippen LogP contribution in [-0.2, 0) is 0 Å². The number of nitrogens with two attached hydrogens (primary N) is 1. The molecule has 2 aromatic rings. The van der Waals surface area contributed by atoms with Crippen molar-refractivity contribution in [3.05, 3.63) is 24.3 Å². The quantitative estimate of drug-likeness (QED) is 0.851. The van der Waals surface area contributed by atoms with Crippen molar-refractivity contribution in [3.8, 4) is 11.4 Å². The lowest BCUT2D eigenvalue weighted by Crippen LogP contribution is -2.08. The van der Waals surface area contributed by atoms with Crippen molar-refractivity contribution in [1.82, 2.24) is 15.0 Å². The number of nitrogen functional groups attached to an aromatic ring is 1. The lowest BCUT2D eigenvalue weighted by atomic mass is 10.2. The largest absolute Gasteiger partial charge is 0.378 e. The molecule has 2 rings (SSSR count). The Labute approximate surface area is 110 Å². The maximum absolute atomic E-state index is 5.68. The summed E-state index contributed by atoms with van der Waals surface area (Å²) in [6, 6.07) is 8.00. The highest BCUT2D eigenvalue weighted by Crippen LogP contribution is 2.22. The zero-order valence-electron chi connectivity index (χ0n) is 10.6. The average Bonchev–Trinajstić information content (AvgIpc) is 2.38. The van der Waals surface area contributed by atoms with E-state index in [9.17, 15) is 0 Å². The van der Waals surface area contributed by atoms with Gasteiger partial charge in [0.05, 0.1) is 0 Å². The maximum atomic E-state index is 5.68. The molecule has 0 aliphatic heterocycles. The monoisotopic (exact) mass is 261 g/mol. The molecule has 0 saturated heterocycles. The minimum absolute atomic E-state index is 0.250. The van der Waals surface area contributed by atoms with Crippen LogP contribution in [0.3, 0.4) is 0 Å². The third-order valence-electron chi connectivity index (χ3n) is 2.44. The van der Waals surface area contributed by atoms with Gasteiger partial charge in [-0.3, -0.25) is 0 Å². The van der Waals surface area contributed by atoms with Gasteiger partial charge in [-0.05, 0) is 18.4 Å². The van der Waals surface area contributed by atoms with Crippen LogP contribution in [-0.4, -0.2) is 35.3 Å². The fourth-order valence-electron chi connectivity index (χ4n) is 1.52. The third kappa shape index (κ3) is 2.70. The zero-order chi connectivity index (χ0) is 13.1. The summed E-state index contributed by atoms with van der Waals surface area (Å²) in [5.74, 6) is 0.857. The minimum Gasteiger partial charge on any atom is -0.378 e. The van der Waals surface area contributed by atoms with E-state index >= 15 is 0 Å². The number of anilines is 2. The fourth-order valence-corrected chi connectivity index (χ4v) is 1.88. The smallest absolute Gasteiger partial charge is 0.224 e. The Balaban J connectivity index is 2.47. The van der Waals surface area contributed by atoms with Crippen molar-refractivity contribution >= 4 is 23.4 Å². The molecule has 18 heavy (non-hydrogen) atoms. The van der Waals surface area contributed by atoms with E-state index in [2.05, 4.69) is 15.0 Å². The summed E-state index contributed by atoms with van der Waals surface area (Å²) >= 11 is 1.45. The van der Waals surface area contributed by atoms with E-state index in [4.69, 9.17) is 5.73 Å². The molecule has 5 nitrogen and oxygen atoms in total. The van der Waals surface area contributed by atoms with Gasteiger partial charge in [-0.2, -0.15) is 9.97 Å². The first kappa shape index (κ1) is 12.6. The second-order valence-corrected chi connectivity index (χ2v) is 4.72. The summed E-state index contributed by atoms with van der Waals surface area (Å²) in [4.78, 5) is 14.6. The van der Waals surface area contributed by atoms with E-state index in [1.165, 1.54) is 11.8 Å². The Kier molecular flexibility index (Phi) is 3.66. The molecule has 1 aromatic carbocycles. The Hall–Kier alpha value is -1.82. The first-order chi connectivity index (χ1) is 8.60. The molecule has 0 amide bonds. The highest BCUT2D eigenvalue weighted by Gasteiger charge is 2.07. The SMILES string of the molecule is CSc1nc(N)nc(-c2cccc(N(C)C)c2)n1. The molecule has 1 aromatic heterocycles. The van der Waals surface area contributed by atoms with Gasteiger partial charge in [0.15, 0.2) is 11.0 Å². The van der Waals surface area contributed by atoms with Gasteiger partial charge in [-0.25, -0.2) is 4.98 Å². The summed E-state index contributed by atoms with van der Waals surface area (Å²) in [5, 5.41) is 0.632. The normalized spacial score (nSPS) is 10.4. The Morgan fingerprint density at radius 2 is 1.94 bits per heavy atom. The summed E-state index contributed by atoms with van der Waals surface area (Å²) in [6.07, 6.45) is 1.91. The standard InChI is InChI=1S/C12H15N5S/c1-17(2)9-6-4-5-8(7-9)10-14-11(13)16-12(15-10)18-3/h4-7H,1-3H3,(H2,13,14,15,16). The number of hydrogen-bond donors (Lipinski definition) is 1. The summed E-state index contributed by atoms with van der Waals surface area (Å²) < 4.78 is 0. The van der Waals surface area contributed by atoms with Crippen molar-refractivity contribution in [2.45, 2.75) is 5.16 Å². The van der Waals surface area contributed by atoms with Crippen molar-refractivity contribution in [2.24, 2.45) is 0 Å². The van der Waals surface area contributed by atoms with Crippen LogP contribution < -0.4 is 10.6 Å². The second kappa shape index (κ2) is 5.22. The van der Waals surface area contributed by atoms with Gasteiger partial charge in [-0.15, -0.1) is 0 Å². The van der Waals surface area contributed by atoms with E-state index in [0.29, 0.717) is 11.0 Å². The summed E-state index contributed by atoms with van der Waals surface area (Å²) in [5.41, 5.74) is 7.71. The van der Waals surface area contributed by atoms with Gasteiger partial charge < -0.3 is 10.6 Å². The van der Waals surface area contributed by atoms with Gasteiger partial charge in [0, 0.05) is 25.3 Å². The van der Waals surface area contributed by atoms with Gasteiger partial charge >= 0.3 is 0 Å². The van der Waals surface area contributed by atoms with Crippen LogP contribution in [0.25, 0.3) is 11.4 Å². The van der Waals surface area contributed by atoms with Crippen LogP contribution in [0.15, 0.2) is 29.4 Å². The van der Waals surface area contributed by atoms with Crippen molar-refractivity contribution in [2.75, 3.05) is 31.0 Å². The Bertz CT molecular complexity index is 556. The minimum atomic E-state index is 0.250. The molecule has 6 heteroatoms. The zero-order valence-corrected chi connectivity index (χ0v) is 11.4. The fraction of sp³-hybridized carbons (Fsp3) is 0.250. The van der Waals surface area contributed by atoms with E-state index in [1.807, 2.05) is 49.5 Å². The molecule has 0 fully saturated rings.